The van der Waals surface area contributed by atoms with Crippen molar-refractivity contribution in [3.8, 4) is 5.75 Å². The lowest BCUT2D eigenvalue weighted by Gasteiger charge is -2.32. The Hall–Kier alpha value is -2.02. The van der Waals surface area contributed by atoms with Crippen LogP contribution in [-0.4, -0.2) is 47.2 Å². The normalized spacial score (nSPS) is 25.8. The Kier molecular flexibility index (Phi) is 5.66. The Bertz CT molecular complexity index is 750. The van der Waals surface area contributed by atoms with Crippen LogP contribution in [0.4, 0.5) is 0 Å². The fraction of sp³-hybridized carbons (Fsp3) is 0.524. The van der Waals surface area contributed by atoms with Gasteiger partial charge in [-0.15, -0.1) is 0 Å². The largest absolute Gasteiger partial charge is 0.497 e. The van der Waals surface area contributed by atoms with Gasteiger partial charge in [-0.1, -0.05) is 19.1 Å². The van der Waals surface area contributed by atoms with E-state index >= 15 is 0 Å². The standard InChI is InChI=1S/C21H29N5O/c1-3-20-22-11-15(12-23-20)14-26-9-5-8-19(26)21-18(13-24-25-21)16-6-4-7-17(10-16)27-2/h4,6-7,10-12,18-19,21,24-25H,3,5,8-9,13-14H2,1-2H3. The van der Waals surface area contributed by atoms with Crippen molar-refractivity contribution < 1.29 is 4.74 Å². The van der Waals surface area contributed by atoms with Crippen LogP contribution in [0.5, 0.6) is 5.75 Å². The first-order valence-electron chi connectivity index (χ1n) is 9.94. The molecule has 0 aliphatic carbocycles. The van der Waals surface area contributed by atoms with Gasteiger partial charge in [-0.25, -0.2) is 9.97 Å². The molecule has 3 atom stereocenters. The molecule has 3 heterocycles. The summed E-state index contributed by atoms with van der Waals surface area (Å²) in [4.78, 5) is 11.5. The van der Waals surface area contributed by atoms with Gasteiger partial charge in [0.1, 0.15) is 11.6 Å². The zero-order chi connectivity index (χ0) is 18.6. The number of aryl methyl sites for hydroxylation is 1. The molecule has 2 N–H and O–H groups in total. The number of likely N-dealkylation sites (tertiary alicyclic amines) is 1. The minimum absolute atomic E-state index is 0.385. The predicted octanol–water partition coefficient (Wildman–Crippen LogP) is 2.27. The van der Waals surface area contributed by atoms with Crippen LogP contribution in [0.3, 0.4) is 0 Å². The van der Waals surface area contributed by atoms with Gasteiger partial charge < -0.3 is 4.74 Å². The van der Waals surface area contributed by atoms with Crippen molar-refractivity contribution >= 4 is 0 Å². The van der Waals surface area contributed by atoms with E-state index in [1.54, 1.807) is 7.11 Å². The number of methoxy groups -OCH3 is 1. The molecule has 144 valence electrons. The topological polar surface area (TPSA) is 62.3 Å². The van der Waals surface area contributed by atoms with Gasteiger partial charge in [0.05, 0.1) is 7.11 Å². The van der Waals surface area contributed by atoms with E-state index in [1.807, 2.05) is 18.5 Å². The molecule has 0 amide bonds. The van der Waals surface area contributed by atoms with Gasteiger partial charge >= 0.3 is 0 Å². The highest BCUT2D eigenvalue weighted by atomic mass is 16.5. The summed E-state index contributed by atoms with van der Waals surface area (Å²) in [7, 11) is 1.73. The third-order valence-corrected chi connectivity index (χ3v) is 5.84. The van der Waals surface area contributed by atoms with Crippen LogP contribution in [0.25, 0.3) is 0 Å². The number of hydrogen-bond acceptors (Lipinski definition) is 6. The fourth-order valence-corrected chi connectivity index (χ4v) is 4.41. The summed E-state index contributed by atoms with van der Waals surface area (Å²) in [6, 6.07) is 9.37. The SMILES string of the molecule is CCc1ncc(CN2CCCC2C2NNCC2c2cccc(OC)c2)cn1. The Morgan fingerprint density at radius 2 is 2.11 bits per heavy atom. The maximum Gasteiger partial charge on any atom is 0.127 e. The van der Waals surface area contributed by atoms with Crippen molar-refractivity contribution in [2.45, 2.75) is 50.7 Å². The first-order valence-corrected chi connectivity index (χ1v) is 9.94. The molecule has 6 nitrogen and oxygen atoms in total. The predicted molar refractivity (Wildman–Crippen MR) is 106 cm³/mol. The van der Waals surface area contributed by atoms with Crippen LogP contribution >= 0.6 is 0 Å². The second kappa shape index (κ2) is 8.33. The fourth-order valence-electron chi connectivity index (χ4n) is 4.41. The molecule has 3 unspecified atom stereocenters. The highest BCUT2D eigenvalue weighted by molar-refractivity contribution is 5.33. The molecule has 0 radical (unpaired) electrons. The van der Waals surface area contributed by atoms with Gasteiger partial charge in [0.15, 0.2) is 0 Å². The molecule has 2 aliphatic rings. The van der Waals surface area contributed by atoms with Gasteiger partial charge in [0.2, 0.25) is 0 Å². The molecule has 1 aromatic heterocycles. The highest BCUT2D eigenvalue weighted by Crippen LogP contribution is 2.33. The van der Waals surface area contributed by atoms with E-state index in [0.717, 1.165) is 37.6 Å². The molecule has 2 aliphatic heterocycles. The molecule has 4 rings (SSSR count). The Morgan fingerprint density at radius 1 is 1.26 bits per heavy atom. The third kappa shape index (κ3) is 3.98. The van der Waals surface area contributed by atoms with E-state index in [0.29, 0.717) is 18.0 Å². The van der Waals surface area contributed by atoms with Crippen LogP contribution in [0.15, 0.2) is 36.7 Å². The number of ether oxygens (including phenoxy) is 1. The van der Waals surface area contributed by atoms with E-state index in [-0.39, 0.29) is 0 Å². The number of nitrogens with zero attached hydrogens (tertiary/aromatic N) is 3. The Balaban J connectivity index is 1.49. The summed E-state index contributed by atoms with van der Waals surface area (Å²) in [6.45, 7) is 5.07. The second-order valence-corrected chi connectivity index (χ2v) is 7.48. The summed E-state index contributed by atoms with van der Waals surface area (Å²) in [5, 5.41) is 0. The average Bonchev–Trinajstić information content (AvgIpc) is 3.37. The number of aromatic nitrogens is 2. The summed E-state index contributed by atoms with van der Waals surface area (Å²) in [5.41, 5.74) is 9.48. The lowest BCUT2D eigenvalue weighted by molar-refractivity contribution is 0.196. The molecule has 0 saturated carbocycles. The number of hydrogen-bond donors (Lipinski definition) is 2. The summed E-state index contributed by atoms with van der Waals surface area (Å²) in [5.74, 6) is 2.27. The van der Waals surface area contributed by atoms with Crippen LogP contribution in [0, 0.1) is 0 Å². The van der Waals surface area contributed by atoms with Crippen LogP contribution in [0.1, 0.15) is 42.6 Å². The van der Waals surface area contributed by atoms with Crippen LogP contribution in [0.2, 0.25) is 0 Å². The molecule has 0 bridgehead atoms. The molecule has 6 heteroatoms. The van der Waals surface area contributed by atoms with Crippen molar-refractivity contribution in [1.82, 2.24) is 25.7 Å². The molecular formula is C21H29N5O. The zero-order valence-corrected chi connectivity index (χ0v) is 16.2. The first kappa shape index (κ1) is 18.3. The second-order valence-electron chi connectivity index (χ2n) is 7.48. The monoisotopic (exact) mass is 367 g/mol. The van der Waals surface area contributed by atoms with Crippen molar-refractivity contribution in [3.05, 3.63) is 53.6 Å². The number of rotatable bonds is 6. The third-order valence-electron chi connectivity index (χ3n) is 5.84. The number of nitrogens with one attached hydrogen (secondary N) is 2. The van der Waals surface area contributed by atoms with Crippen molar-refractivity contribution in [2.75, 3.05) is 20.2 Å². The molecule has 2 saturated heterocycles. The quantitative estimate of drug-likeness (QED) is 0.817. The highest BCUT2D eigenvalue weighted by Gasteiger charge is 2.39. The van der Waals surface area contributed by atoms with E-state index in [1.165, 1.54) is 24.0 Å². The number of hydrazine groups is 1. The van der Waals surface area contributed by atoms with Gasteiger partial charge in [-0.05, 0) is 37.1 Å². The molecular weight excluding hydrogens is 338 g/mol. The molecule has 27 heavy (non-hydrogen) atoms. The molecule has 0 spiro atoms. The Morgan fingerprint density at radius 3 is 2.89 bits per heavy atom. The zero-order valence-electron chi connectivity index (χ0n) is 16.2. The van der Waals surface area contributed by atoms with Gasteiger partial charge in [0, 0.05) is 55.5 Å². The lowest BCUT2D eigenvalue weighted by atomic mass is 9.87. The summed E-state index contributed by atoms with van der Waals surface area (Å²) in [6.07, 6.45) is 7.31. The van der Waals surface area contributed by atoms with Crippen molar-refractivity contribution in [1.29, 1.82) is 0 Å². The van der Waals surface area contributed by atoms with Gasteiger partial charge in [-0.2, -0.15) is 0 Å². The number of benzene rings is 1. The van der Waals surface area contributed by atoms with Crippen LogP contribution < -0.4 is 15.6 Å². The summed E-state index contributed by atoms with van der Waals surface area (Å²) < 4.78 is 5.43. The first-order chi connectivity index (χ1) is 13.3. The van der Waals surface area contributed by atoms with Crippen molar-refractivity contribution in [3.63, 3.8) is 0 Å². The van der Waals surface area contributed by atoms with E-state index in [4.69, 9.17) is 4.74 Å². The minimum Gasteiger partial charge on any atom is -0.497 e. The Labute approximate surface area is 161 Å². The van der Waals surface area contributed by atoms with Crippen LogP contribution in [-0.2, 0) is 13.0 Å². The van der Waals surface area contributed by atoms with E-state index < -0.39 is 0 Å². The van der Waals surface area contributed by atoms with Gasteiger partial charge in [-0.3, -0.25) is 15.8 Å². The average molecular weight is 367 g/mol. The smallest absolute Gasteiger partial charge is 0.127 e. The maximum absolute atomic E-state index is 5.43. The van der Waals surface area contributed by atoms with Gasteiger partial charge in [0.25, 0.3) is 0 Å². The maximum atomic E-state index is 5.43. The summed E-state index contributed by atoms with van der Waals surface area (Å²) >= 11 is 0. The lowest BCUT2D eigenvalue weighted by Crippen LogP contribution is -2.47. The van der Waals surface area contributed by atoms with E-state index in [2.05, 4.69) is 50.8 Å². The van der Waals surface area contributed by atoms with Crippen molar-refractivity contribution in [2.24, 2.45) is 0 Å². The molecule has 2 fully saturated rings. The van der Waals surface area contributed by atoms with E-state index in [9.17, 15) is 0 Å². The minimum atomic E-state index is 0.385. The molecule has 2 aromatic rings. The molecule has 1 aromatic carbocycles.